The van der Waals surface area contributed by atoms with E-state index >= 15 is 0 Å². The third kappa shape index (κ3) is 3.55. The number of nitrogens with one attached hydrogen (secondary N) is 2. The van der Waals surface area contributed by atoms with Crippen molar-refractivity contribution in [2.45, 2.75) is 57.7 Å². The van der Waals surface area contributed by atoms with Gasteiger partial charge in [0.15, 0.2) is 5.82 Å². The number of aromatic nitrogens is 3. The molecule has 1 aromatic heterocycles. The van der Waals surface area contributed by atoms with E-state index in [0.29, 0.717) is 13.0 Å². The molecule has 1 aromatic rings. The van der Waals surface area contributed by atoms with Gasteiger partial charge in [0.2, 0.25) is 5.91 Å². The quantitative estimate of drug-likeness (QED) is 0.734. The Morgan fingerprint density at radius 1 is 1.29 bits per heavy atom. The number of carbonyl (C=O) groups is 3. The van der Waals surface area contributed by atoms with Crippen molar-refractivity contribution < 1.29 is 14.4 Å². The van der Waals surface area contributed by atoms with Gasteiger partial charge in [0.25, 0.3) is 5.91 Å². The average Bonchev–Trinajstić information content (AvgIpc) is 2.97. The number of amides is 4. The first-order valence-corrected chi connectivity index (χ1v) is 8.31. The second-order valence-electron chi connectivity index (χ2n) is 6.30. The Bertz CT molecular complexity index is 656. The fourth-order valence-corrected chi connectivity index (χ4v) is 3.08. The van der Waals surface area contributed by atoms with Crippen molar-refractivity contribution >= 4 is 17.8 Å². The van der Waals surface area contributed by atoms with E-state index in [9.17, 15) is 14.4 Å². The Labute approximate surface area is 139 Å². The lowest BCUT2D eigenvalue weighted by molar-refractivity contribution is -0.130. The summed E-state index contributed by atoms with van der Waals surface area (Å²) in [5.41, 5.74) is 0. The molecule has 9 nitrogen and oxygen atoms in total. The minimum Gasteiger partial charge on any atom is -0.338 e. The molecular formula is C15H22N6O3. The topological polar surface area (TPSA) is 109 Å². The van der Waals surface area contributed by atoms with Crippen LogP contribution < -0.4 is 10.6 Å². The number of imide groups is 1. The van der Waals surface area contributed by atoms with E-state index in [0.717, 1.165) is 37.5 Å². The Morgan fingerprint density at radius 3 is 2.88 bits per heavy atom. The molecule has 1 saturated heterocycles. The van der Waals surface area contributed by atoms with Crippen molar-refractivity contribution in [3.8, 4) is 0 Å². The number of fused-ring (bicyclic) bond motifs is 1. The number of aryl methyl sites for hydroxylation is 1. The summed E-state index contributed by atoms with van der Waals surface area (Å²) in [6.07, 6.45) is 4.83. The van der Waals surface area contributed by atoms with Gasteiger partial charge in [0, 0.05) is 26.4 Å². The zero-order valence-corrected chi connectivity index (χ0v) is 13.7. The molecule has 0 spiro atoms. The average molecular weight is 334 g/mol. The zero-order valence-electron chi connectivity index (χ0n) is 13.7. The van der Waals surface area contributed by atoms with Gasteiger partial charge in [-0.25, -0.2) is 4.79 Å². The molecule has 1 fully saturated rings. The molecule has 4 amide bonds. The van der Waals surface area contributed by atoms with Gasteiger partial charge in [-0.3, -0.25) is 14.9 Å². The van der Waals surface area contributed by atoms with Crippen LogP contribution in [0.1, 0.15) is 43.8 Å². The van der Waals surface area contributed by atoms with E-state index in [-0.39, 0.29) is 18.2 Å². The fourth-order valence-electron chi connectivity index (χ4n) is 3.08. The van der Waals surface area contributed by atoms with Gasteiger partial charge >= 0.3 is 6.03 Å². The molecule has 9 heteroatoms. The highest BCUT2D eigenvalue weighted by atomic mass is 16.2. The number of hydrogen-bond acceptors (Lipinski definition) is 5. The Kier molecular flexibility index (Phi) is 4.77. The van der Waals surface area contributed by atoms with E-state index in [4.69, 9.17) is 0 Å². The summed E-state index contributed by atoms with van der Waals surface area (Å²) in [7, 11) is 1.72. The van der Waals surface area contributed by atoms with Crippen molar-refractivity contribution in [3.63, 3.8) is 0 Å². The Balaban J connectivity index is 1.54. The molecule has 0 unspecified atom stereocenters. The van der Waals surface area contributed by atoms with Crippen LogP contribution in [0.2, 0.25) is 0 Å². The summed E-state index contributed by atoms with van der Waals surface area (Å²) in [6.45, 7) is 1.29. The third-order valence-corrected chi connectivity index (χ3v) is 4.50. The maximum Gasteiger partial charge on any atom is 0.322 e. The van der Waals surface area contributed by atoms with E-state index < -0.39 is 12.1 Å². The standard InChI is InChI=1S/C15H22N6O3/c1-20(13(22)7-6-10-14(23)17-15(24)16-10)9-12-19-18-11-5-3-2-4-8-21(11)12/h10H,2-9H2,1H3,(H2,16,17,23,24)/t10-/m0/s1. The summed E-state index contributed by atoms with van der Waals surface area (Å²) in [5, 5.41) is 13.1. The first kappa shape index (κ1) is 16.4. The van der Waals surface area contributed by atoms with E-state index in [1.165, 1.54) is 6.42 Å². The van der Waals surface area contributed by atoms with Gasteiger partial charge in [-0.2, -0.15) is 0 Å². The lowest BCUT2D eigenvalue weighted by Crippen LogP contribution is -2.33. The molecule has 2 aliphatic heterocycles. The van der Waals surface area contributed by atoms with E-state index in [1.807, 2.05) is 0 Å². The van der Waals surface area contributed by atoms with Crippen LogP contribution in [0, 0.1) is 0 Å². The van der Waals surface area contributed by atoms with Crippen LogP contribution in [0.25, 0.3) is 0 Å². The zero-order chi connectivity index (χ0) is 17.1. The van der Waals surface area contributed by atoms with Gasteiger partial charge in [-0.15, -0.1) is 10.2 Å². The maximum absolute atomic E-state index is 12.3. The van der Waals surface area contributed by atoms with Crippen molar-refractivity contribution in [1.82, 2.24) is 30.3 Å². The number of carbonyl (C=O) groups excluding carboxylic acids is 3. The molecule has 3 heterocycles. The molecule has 0 saturated carbocycles. The molecule has 0 bridgehead atoms. The smallest absolute Gasteiger partial charge is 0.322 e. The highest BCUT2D eigenvalue weighted by Gasteiger charge is 2.30. The second-order valence-corrected chi connectivity index (χ2v) is 6.30. The van der Waals surface area contributed by atoms with Crippen LogP contribution in [0.3, 0.4) is 0 Å². The van der Waals surface area contributed by atoms with Gasteiger partial charge in [0.05, 0.1) is 6.54 Å². The number of nitrogens with zero attached hydrogens (tertiary/aromatic N) is 4. The van der Waals surface area contributed by atoms with Crippen LogP contribution in [-0.2, 0) is 29.1 Å². The SMILES string of the molecule is CN(Cc1nnc2n1CCCCC2)C(=O)CC[C@@H]1NC(=O)NC1=O. The van der Waals surface area contributed by atoms with Crippen LogP contribution in [0.5, 0.6) is 0 Å². The van der Waals surface area contributed by atoms with Crippen LogP contribution in [0.15, 0.2) is 0 Å². The van der Waals surface area contributed by atoms with Crippen molar-refractivity contribution in [1.29, 1.82) is 0 Å². The molecule has 2 aliphatic rings. The summed E-state index contributed by atoms with van der Waals surface area (Å²) in [6, 6.07) is -1.13. The third-order valence-electron chi connectivity index (χ3n) is 4.50. The summed E-state index contributed by atoms with van der Waals surface area (Å²) in [4.78, 5) is 36.4. The highest BCUT2D eigenvalue weighted by Crippen LogP contribution is 2.15. The van der Waals surface area contributed by atoms with Gasteiger partial charge < -0.3 is 14.8 Å². The summed E-state index contributed by atoms with van der Waals surface area (Å²) < 4.78 is 2.11. The maximum atomic E-state index is 12.3. The normalized spacial score (nSPS) is 20.1. The first-order valence-electron chi connectivity index (χ1n) is 8.31. The van der Waals surface area contributed by atoms with Gasteiger partial charge in [0.1, 0.15) is 11.9 Å². The second kappa shape index (κ2) is 6.98. The molecule has 24 heavy (non-hydrogen) atoms. The minimum absolute atomic E-state index is 0.0880. The fraction of sp³-hybridized carbons (Fsp3) is 0.667. The molecule has 1 atom stereocenters. The summed E-state index contributed by atoms with van der Waals surface area (Å²) >= 11 is 0. The number of rotatable bonds is 5. The van der Waals surface area contributed by atoms with Crippen LogP contribution in [-0.4, -0.2) is 50.6 Å². The van der Waals surface area contributed by atoms with Gasteiger partial charge in [-0.05, 0) is 19.3 Å². The highest BCUT2D eigenvalue weighted by molar-refractivity contribution is 6.04. The van der Waals surface area contributed by atoms with Crippen LogP contribution >= 0.6 is 0 Å². The first-order chi connectivity index (χ1) is 11.5. The molecule has 130 valence electrons. The van der Waals surface area contributed by atoms with E-state index in [2.05, 4.69) is 25.4 Å². The predicted molar refractivity (Wildman–Crippen MR) is 83.7 cm³/mol. The molecule has 3 rings (SSSR count). The lowest BCUT2D eigenvalue weighted by atomic mass is 10.1. The largest absolute Gasteiger partial charge is 0.338 e. The molecular weight excluding hydrogens is 312 g/mol. The lowest BCUT2D eigenvalue weighted by Gasteiger charge is -2.18. The molecule has 2 N–H and O–H groups in total. The van der Waals surface area contributed by atoms with Gasteiger partial charge in [-0.1, -0.05) is 6.42 Å². The number of urea groups is 1. The monoisotopic (exact) mass is 334 g/mol. The van der Waals surface area contributed by atoms with Crippen molar-refractivity contribution in [2.75, 3.05) is 7.05 Å². The van der Waals surface area contributed by atoms with Crippen molar-refractivity contribution in [3.05, 3.63) is 11.6 Å². The van der Waals surface area contributed by atoms with Crippen LogP contribution in [0.4, 0.5) is 4.79 Å². The Hall–Kier alpha value is -2.45. The summed E-state index contributed by atoms with van der Waals surface area (Å²) in [5.74, 6) is 1.33. The Morgan fingerprint density at radius 2 is 2.12 bits per heavy atom. The predicted octanol–water partition coefficient (Wildman–Crippen LogP) is -0.0489. The van der Waals surface area contributed by atoms with E-state index in [1.54, 1.807) is 11.9 Å². The number of hydrogen-bond donors (Lipinski definition) is 2. The minimum atomic E-state index is -0.626. The van der Waals surface area contributed by atoms with Crippen molar-refractivity contribution in [2.24, 2.45) is 0 Å². The molecule has 0 aliphatic carbocycles. The molecule has 0 radical (unpaired) electrons. The molecule has 0 aromatic carbocycles.